The number of benzene rings is 6. The molecule has 0 saturated carbocycles. The van der Waals surface area contributed by atoms with Gasteiger partial charge in [0.15, 0.2) is 0 Å². The summed E-state index contributed by atoms with van der Waals surface area (Å²) in [5, 5.41) is 2.36. The molecule has 0 aliphatic carbocycles. The first-order chi connectivity index (χ1) is 30.0. The van der Waals surface area contributed by atoms with Gasteiger partial charge in [0.2, 0.25) is 0 Å². The minimum atomic E-state index is -0.373. The number of hydrogen-bond donors (Lipinski definition) is 0. The molecule has 316 valence electrons. The summed E-state index contributed by atoms with van der Waals surface area (Å²) in [6.07, 6.45) is 7.85. The van der Waals surface area contributed by atoms with Crippen molar-refractivity contribution in [1.82, 2.24) is 14.1 Å². The van der Waals surface area contributed by atoms with E-state index in [1.165, 1.54) is 38.6 Å². The molecule has 5 heteroatoms. The molecule has 6 aromatic carbocycles. The van der Waals surface area contributed by atoms with E-state index in [0.29, 0.717) is 0 Å². The lowest BCUT2D eigenvalue weighted by Gasteiger charge is -2.28. The highest BCUT2D eigenvalue weighted by molar-refractivity contribution is 6.11. The average Bonchev–Trinajstić information content (AvgIpc) is 3.88. The fraction of sp³-hybridized carbons (Fsp3) is 0.241. The Morgan fingerprint density at radius 3 is 1.87 bits per heavy atom. The largest absolute Gasteiger partial charge is 0.458 e. The van der Waals surface area contributed by atoms with Crippen molar-refractivity contribution >= 4 is 21.8 Å². The Balaban J connectivity index is 1.20. The van der Waals surface area contributed by atoms with Crippen molar-refractivity contribution in [3.05, 3.63) is 210 Å². The number of rotatable bonds is 9. The molecular formula is C58H58N4O. The zero-order valence-corrected chi connectivity index (χ0v) is 38.4. The Hall–Kier alpha value is -6.72. The summed E-state index contributed by atoms with van der Waals surface area (Å²) in [6.45, 7) is 22.7. The van der Waals surface area contributed by atoms with Crippen LogP contribution in [0.3, 0.4) is 0 Å². The van der Waals surface area contributed by atoms with Gasteiger partial charge in [-0.1, -0.05) is 166 Å². The number of pyridine rings is 1. The predicted molar refractivity (Wildman–Crippen MR) is 259 cm³/mol. The molecule has 0 radical (unpaired) electrons. The molecule has 0 amide bonds. The second-order valence-corrected chi connectivity index (χ2v) is 20.1. The monoisotopic (exact) mass is 826 g/mol. The average molecular weight is 827 g/mol. The second kappa shape index (κ2) is 15.6. The van der Waals surface area contributed by atoms with Crippen LogP contribution in [0.4, 0.5) is 0 Å². The Morgan fingerprint density at radius 2 is 1.17 bits per heavy atom. The van der Waals surface area contributed by atoms with Gasteiger partial charge in [-0.25, -0.2) is 4.98 Å². The smallest absolute Gasteiger partial charge is 0.269 e. The zero-order valence-electron chi connectivity index (χ0n) is 38.4. The normalized spacial score (nSPS) is 12.6. The Bertz CT molecular complexity index is 3100. The fourth-order valence-electron chi connectivity index (χ4n) is 9.00. The van der Waals surface area contributed by atoms with Crippen molar-refractivity contribution in [2.45, 2.75) is 90.9 Å². The van der Waals surface area contributed by atoms with Crippen LogP contribution < -0.4 is 9.30 Å². The molecule has 3 heterocycles. The molecule has 9 rings (SSSR count). The van der Waals surface area contributed by atoms with E-state index in [0.717, 1.165) is 45.4 Å². The van der Waals surface area contributed by atoms with Gasteiger partial charge in [0, 0.05) is 40.1 Å². The Morgan fingerprint density at radius 1 is 0.524 bits per heavy atom. The van der Waals surface area contributed by atoms with Crippen LogP contribution in [0.5, 0.6) is 11.5 Å². The van der Waals surface area contributed by atoms with Crippen molar-refractivity contribution in [3.63, 3.8) is 0 Å². The van der Waals surface area contributed by atoms with Gasteiger partial charge in [-0.15, -0.1) is 0 Å². The lowest BCUT2D eigenvalue weighted by atomic mass is 9.76. The van der Waals surface area contributed by atoms with E-state index in [9.17, 15) is 0 Å². The summed E-state index contributed by atoms with van der Waals surface area (Å²) in [5.74, 6) is 2.36. The van der Waals surface area contributed by atoms with Crippen LogP contribution in [0, 0.1) is 6.33 Å². The third-order valence-corrected chi connectivity index (χ3v) is 12.9. The van der Waals surface area contributed by atoms with Crippen LogP contribution >= 0.6 is 0 Å². The van der Waals surface area contributed by atoms with Gasteiger partial charge < -0.3 is 4.74 Å². The number of imidazole rings is 1. The maximum absolute atomic E-state index is 7.02. The van der Waals surface area contributed by atoms with Gasteiger partial charge in [-0.05, 0) is 93.2 Å². The molecule has 9 aromatic rings. The van der Waals surface area contributed by atoms with Crippen molar-refractivity contribution in [2.75, 3.05) is 0 Å². The maximum atomic E-state index is 7.02. The van der Waals surface area contributed by atoms with Gasteiger partial charge in [0.1, 0.15) is 17.3 Å². The first-order valence-corrected chi connectivity index (χ1v) is 22.1. The third kappa shape index (κ3) is 7.75. The van der Waals surface area contributed by atoms with Gasteiger partial charge in [-0.2, -0.15) is 0 Å². The van der Waals surface area contributed by atoms with Crippen molar-refractivity contribution in [3.8, 4) is 28.7 Å². The van der Waals surface area contributed by atoms with Crippen LogP contribution in [0.25, 0.3) is 39.0 Å². The lowest BCUT2D eigenvalue weighted by molar-refractivity contribution is -0.611. The number of hydrogen-bond acceptors (Lipinski definition) is 2. The highest BCUT2D eigenvalue weighted by Gasteiger charge is 2.31. The van der Waals surface area contributed by atoms with E-state index in [2.05, 4.69) is 247 Å². The lowest BCUT2D eigenvalue weighted by Crippen LogP contribution is -2.39. The molecule has 3 aromatic heterocycles. The molecule has 5 nitrogen and oxygen atoms in total. The molecule has 0 aliphatic rings. The highest BCUT2D eigenvalue weighted by atomic mass is 16.5. The van der Waals surface area contributed by atoms with Gasteiger partial charge in [-0.3, -0.25) is 13.7 Å². The molecule has 63 heavy (non-hydrogen) atoms. The van der Waals surface area contributed by atoms with Crippen LogP contribution in [0.2, 0.25) is 0 Å². The second-order valence-electron chi connectivity index (χ2n) is 20.1. The van der Waals surface area contributed by atoms with Crippen molar-refractivity contribution in [2.24, 2.45) is 0 Å². The minimum absolute atomic E-state index is 0.0279. The van der Waals surface area contributed by atoms with Crippen LogP contribution in [0.1, 0.15) is 103 Å². The number of aromatic nitrogens is 4. The van der Waals surface area contributed by atoms with Gasteiger partial charge in [0.25, 0.3) is 6.33 Å². The Kier molecular flexibility index (Phi) is 10.3. The highest BCUT2D eigenvalue weighted by Crippen LogP contribution is 2.45. The number of nitrogens with zero attached hydrogens (tertiary/aromatic N) is 4. The van der Waals surface area contributed by atoms with E-state index in [-0.39, 0.29) is 21.7 Å². The molecule has 0 atom stereocenters. The van der Waals surface area contributed by atoms with E-state index in [1.54, 1.807) is 0 Å². The molecule has 0 unspecified atom stereocenters. The first-order valence-electron chi connectivity index (χ1n) is 22.1. The maximum Gasteiger partial charge on any atom is 0.269 e. The quantitative estimate of drug-likeness (QED) is 0.107. The number of para-hydroxylation sites is 1. The minimum Gasteiger partial charge on any atom is -0.458 e. The summed E-state index contributed by atoms with van der Waals surface area (Å²) in [4.78, 5) is 5.08. The summed E-state index contributed by atoms with van der Waals surface area (Å²) in [6, 6.07) is 56.2. The molecular weight excluding hydrogens is 769 g/mol. The fourth-order valence-corrected chi connectivity index (χ4v) is 9.00. The summed E-state index contributed by atoms with van der Waals surface area (Å²) in [7, 11) is 0. The first kappa shape index (κ1) is 41.6. The standard InChI is InChI=1S/C58H58N4O/c1-55(2,3)42-25-19-27-45(33-42)61-39-60(38-52(61)56(4,5)6)44-26-20-28-46(35-44)63-47-36-49(58(9,10)41-23-15-12-16-24-41)54-48-29-17-18-30-50(48)62(51(54)37-47)53-34-43(31-32-59-53)57(7,8)40-21-13-11-14-22-40/h11-38H,1-10H3. The van der Waals surface area contributed by atoms with Gasteiger partial charge >= 0.3 is 0 Å². The molecule has 0 bridgehead atoms. The van der Waals surface area contributed by atoms with Gasteiger partial charge in [0.05, 0.1) is 28.1 Å². The summed E-state index contributed by atoms with van der Waals surface area (Å²) < 4.78 is 13.6. The number of ether oxygens (including phenoxy) is 1. The van der Waals surface area contributed by atoms with Crippen LogP contribution in [-0.4, -0.2) is 14.1 Å². The predicted octanol–water partition coefficient (Wildman–Crippen LogP) is 14.1. The van der Waals surface area contributed by atoms with Crippen LogP contribution in [-0.2, 0) is 21.7 Å². The Labute approximate surface area is 373 Å². The molecule has 0 fully saturated rings. The molecule has 0 spiro atoms. The van der Waals surface area contributed by atoms with Crippen LogP contribution in [0.15, 0.2) is 170 Å². The molecule has 0 N–H and O–H groups in total. The van der Waals surface area contributed by atoms with E-state index in [4.69, 9.17) is 9.72 Å². The van der Waals surface area contributed by atoms with E-state index in [1.807, 2.05) is 12.3 Å². The topological polar surface area (TPSA) is 35.9 Å². The van der Waals surface area contributed by atoms with E-state index < -0.39 is 0 Å². The zero-order chi connectivity index (χ0) is 44.3. The summed E-state index contributed by atoms with van der Waals surface area (Å²) >= 11 is 0. The molecule has 0 aliphatic heterocycles. The van der Waals surface area contributed by atoms with Crippen molar-refractivity contribution in [1.29, 1.82) is 0 Å². The number of fused-ring (bicyclic) bond motifs is 3. The third-order valence-electron chi connectivity index (χ3n) is 12.9. The van der Waals surface area contributed by atoms with E-state index >= 15 is 0 Å². The van der Waals surface area contributed by atoms with Crippen molar-refractivity contribution < 1.29 is 9.30 Å². The summed E-state index contributed by atoms with van der Waals surface area (Å²) in [5.41, 5.74) is 10.8. The SMILES string of the molecule is CC(C)(C)c1cccc(-[n+]2[c-]n(-c3cccc(Oc4cc(C(C)(C)c5ccccc5)c5c6ccccc6n(-c6cc(C(C)(C)c7ccccc7)ccn6)c5c4)c3)cc2C(C)(C)C)c1. The molecule has 0 saturated heterocycles.